The number of hydrogen-bond donors (Lipinski definition) is 2. The maximum absolute atomic E-state index is 5.93. The van der Waals surface area contributed by atoms with E-state index >= 15 is 0 Å². The molecular formula is C22H24ClN7O. The summed E-state index contributed by atoms with van der Waals surface area (Å²) in [6.07, 6.45) is 1.69. The molecule has 0 atom stereocenters. The summed E-state index contributed by atoms with van der Waals surface area (Å²) in [6.45, 7) is 6.82. The lowest BCUT2D eigenvalue weighted by Gasteiger charge is -2.27. The Morgan fingerprint density at radius 3 is 2.52 bits per heavy atom. The van der Waals surface area contributed by atoms with Gasteiger partial charge in [0, 0.05) is 23.8 Å². The van der Waals surface area contributed by atoms with Crippen molar-refractivity contribution in [2.45, 2.75) is 13.8 Å². The van der Waals surface area contributed by atoms with Gasteiger partial charge in [0.05, 0.1) is 19.4 Å². The zero-order valence-corrected chi connectivity index (χ0v) is 18.2. The molecule has 1 saturated heterocycles. The van der Waals surface area contributed by atoms with Crippen molar-refractivity contribution in [3.05, 3.63) is 64.2 Å². The lowest BCUT2D eigenvalue weighted by atomic mass is 10.1. The van der Waals surface area contributed by atoms with E-state index in [2.05, 4.69) is 60.8 Å². The fourth-order valence-electron chi connectivity index (χ4n) is 3.08. The number of benzene rings is 2. The first-order chi connectivity index (χ1) is 15.1. The second kappa shape index (κ2) is 9.72. The Morgan fingerprint density at radius 1 is 1.00 bits per heavy atom. The number of rotatable bonds is 6. The molecule has 2 aromatic carbocycles. The molecule has 2 heterocycles. The zero-order valence-electron chi connectivity index (χ0n) is 17.5. The number of nitrogens with zero attached hydrogens (tertiary/aromatic N) is 5. The molecule has 2 N–H and O–H groups in total. The first kappa shape index (κ1) is 21.0. The molecule has 0 saturated carbocycles. The molecule has 31 heavy (non-hydrogen) atoms. The molecule has 0 amide bonds. The van der Waals surface area contributed by atoms with Crippen molar-refractivity contribution in [3.63, 3.8) is 0 Å². The first-order valence-corrected chi connectivity index (χ1v) is 10.4. The van der Waals surface area contributed by atoms with Gasteiger partial charge >= 0.3 is 0 Å². The zero-order chi connectivity index (χ0) is 21.6. The highest BCUT2D eigenvalue weighted by atomic mass is 35.5. The third-order valence-corrected chi connectivity index (χ3v) is 5.06. The van der Waals surface area contributed by atoms with Crippen molar-refractivity contribution in [2.24, 2.45) is 5.10 Å². The fraction of sp³-hybridized carbons (Fsp3) is 0.273. The van der Waals surface area contributed by atoms with E-state index in [-0.39, 0.29) is 0 Å². The van der Waals surface area contributed by atoms with Gasteiger partial charge in [-0.2, -0.15) is 20.1 Å². The summed E-state index contributed by atoms with van der Waals surface area (Å²) in [5, 5.41) is 8.27. The van der Waals surface area contributed by atoms with Crippen LogP contribution in [0, 0.1) is 13.8 Å². The summed E-state index contributed by atoms with van der Waals surface area (Å²) in [6, 6.07) is 13.6. The van der Waals surface area contributed by atoms with Gasteiger partial charge in [-0.05, 0) is 48.7 Å². The van der Waals surface area contributed by atoms with Crippen LogP contribution in [0.1, 0.15) is 16.7 Å². The topological polar surface area (TPSA) is 87.6 Å². The highest BCUT2D eigenvalue weighted by molar-refractivity contribution is 6.30. The minimum atomic E-state index is 0.356. The largest absolute Gasteiger partial charge is 0.378 e. The second-order valence-corrected chi connectivity index (χ2v) is 7.68. The predicted octanol–water partition coefficient (Wildman–Crippen LogP) is 4.17. The summed E-state index contributed by atoms with van der Waals surface area (Å²) in [5.74, 6) is 1.39. The monoisotopic (exact) mass is 437 g/mol. The quantitative estimate of drug-likeness (QED) is 0.442. The van der Waals surface area contributed by atoms with Gasteiger partial charge < -0.3 is 15.0 Å². The van der Waals surface area contributed by atoms with Crippen molar-refractivity contribution < 1.29 is 4.74 Å². The van der Waals surface area contributed by atoms with Gasteiger partial charge in [-0.25, -0.2) is 5.43 Å². The number of halogens is 1. The number of aromatic nitrogens is 3. The standard InChI is InChI=1S/C22H24ClN7O/c1-15-3-4-16(2)19(13-15)25-20-26-21(28-22(27-20)30-9-11-31-12-10-30)29-24-14-17-5-7-18(23)8-6-17/h3-8,13-14H,9-12H2,1-2H3,(H2,25,26,27,28,29)/b24-14-. The fourth-order valence-corrected chi connectivity index (χ4v) is 3.21. The average molecular weight is 438 g/mol. The van der Waals surface area contributed by atoms with Crippen LogP contribution in [-0.2, 0) is 4.74 Å². The summed E-state index contributed by atoms with van der Waals surface area (Å²) in [7, 11) is 0. The van der Waals surface area contributed by atoms with E-state index in [0.717, 1.165) is 35.5 Å². The minimum Gasteiger partial charge on any atom is -0.378 e. The number of hydrogen-bond acceptors (Lipinski definition) is 8. The van der Waals surface area contributed by atoms with E-state index in [1.807, 2.05) is 31.2 Å². The van der Waals surface area contributed by atoms with E-state index in [9.17, 15) is 0 Å². The highest BCUT2D eigenvalue weighted by Gasteiger charge is 2.17. The number of ether oxygens (including phenoxy) is 1. The van der Waals surface area contributed by atoms with Gasteiger partial charge in [0.2, 0.25) is 17.8 Å². The van der Waals surface area contributed by atoms with Crippen LogP contribution in [-0.4, -0.2) is 47.5 Å². The molecule has 9 heteroatoms. The molecule has 1 aromatic heterocycles. The second-order valence-electron chi connectivity index (χ2n) is 7.25. The van der Waals surface area contributed by atoms with Gasteiger partial charge in [0.25, 0.3) is 0 Å². The highest BCUT2D eigenvalue weighted by Crippen LogP contribution is 2.22. The van der Waals surface area contributed by atoms with Gasteiger partial charge in [-0.3, -0.25) is 0 Å². The Labute approximate surface area is 186 Å². The van der Waals surface area contributed by atoms with E-state index in [0.29, 0.717) is 36.1 Å². The molecule has 160 valence electrons. The van der Waals surface area contributed by atoms with Gasteiger partial charge in [0.15, 0.2) is 0 Å². The molecule has 4 rings (SSSR count). The van der Waals surface area contributed by atoms with Crippen molar-refractivity contribution in [2.75, 3.05) is 41.9 Å². The van der Waals surface area contributed by atoms with Crippen LogP contribution in [0.15, 0.2) is 47.6 Å². The molecular weight excluding hydrogens is 414 g/mol. The summed E-state index contributed by atoms with van der Waals surface area (Å²) in [4.78, 5) is 15.8. The van der Waals surface area contributed by atoms with Crippen molar-refractivity contribution in [1.82, 2.24) is 15.0 Å². The summed E-state index contributed by atoms with van der Waals surface area (Å²) in [5.41, 5.74) is 7.04. The van der Waals surface area contributed by atoms with Crippen LogP contribution < -0.4 is 15.6 Å². The minimum absolute atomic E-state index is 0.356. The van der Waals surface area contributed by atoms with E-state index in [1.54, 1.807) is 6.21 Å². The number of aryl methyl sites for hydroxylation is 2. The lowest BCUT2D eigenvalue weighted by Crippen LogP contribution is -2.37. The molecule has 1 aliphatic heterocycles. The summed E-state index contributed by atoms with van der Waals surface area (Å²) >= 11 is 5.93. The Bertz CT molecular complexity index is 1070. The Kier molecular flexibility index (Phi) is 6.59. The molecule has 0 spiro atoms. The van der Waals surface area contributed by atoms with Crippen LogP contribution in [0.3, 0.4) is 0 Å². The molecule has 0 radical (unpaired) electrons. The van der Waals surface area contributed by atoms with Crippen molar-refractivity contribution in [1.29, 1.82) is 0 Å². The lowest BCUT2D eigenvalue weighted by molar-refractivity contribution is 0.122. The molecule has 0 bridgehead atoms. The Morgan fingerprint density at radius 2 is 1.74 bits per heavy atom. The third kappa shape index (κ3) is 5.68. The van der Waals surface area contributed by atoms with Gasteiger partial charge in [-0.1, -0.05) is 35.9 Å². The van der Waals surface area contributed by atoms with Gasteiger partial charge in [-0.15, -0.1) is 0 Å². The smallest absolute Gasteiger partial charge is 0.250 e. The number of nitrogens with one attached hydrogen (secondary N) is 2. The molecule has 1 aliphatic rings. The molecule has 8 nitrogen and oxygen atoms in total. The third-order valence-electron chi connectivity index (χ3n) is 4.81. The van der Waals surface area contributed by atoms with E-state index in [1.165, 1.54) is 0 Å². The molecule has 0 unspecified atom stereocenters. The van der Waals surface area contributed by atoms with Crippen LogP contribution in [0.2, 0.25) is 5.02 Å². The Balaban J connectivity index is 1.59. The van der Waals surface area contributed by atoms with Crippen LogP contribution >= 0.6 is 11.6 Å². The van der Waals surface area contributed by atoms with Crippen LogP contribution in [0.5, 0.6) is 0 Å². The molecule has 3 aromatic rings. The van der Waals surface area contributed by atoms with Crippen molar-refractivity contribution >= 4 is 41.3 Å². The molecule has 0 aliphatic carbocycles. The molecule has 1 fully saturated rings. The maximum Gasteiger partial charge on any atom is 0.250 e. The van der Waals surface area contributed by atoms with Crippen molar-refractivity contribution in [3.8, 4) is 0 Å². The van der Waals surface area contributed by atoms with Crippen LogP contribution in [0.25, 0.3) is 0 Å². The number of morpholine rings is 1. The average Bonchev–Trinajstić information content (AvgIpc) is 2.78. The SMILES string of the molecule is Cc1ccc(C)c(Nc2nc(N/N=C\c3ccc(Cl)cc3)nc(N3CCOCC3)n2)c1. The van der Waals surface area contributed by atoms with Crippen LogP contribution in [0.4, 0.5) is 23.5 Å². The predicted molar refractivity (Wildman–Crippen MR) is 125 cm³/mol. The summed E-state index contributed by atoms with van der Waals surface area (Å²) < 4.78 is 5.45. The van der Waals surface area contributed by atoms with Gasteiger partial charge in [0.1, 0.15) is 0 Å². The number of anilines is 4. The normalized spacial score (nSPS) is 14.1. The maximum atomic E-state index is 5.93. The number of hydrazone groups is 1. The van der Waals surface area contributed by atoms with E-state index < -0.39 is 0 Å². The first-order valence-electron chi connectivity index (χ1n) is 10.0. The van der Waals surface area contributed by atoms with E-state index in [4.69, 9.17) is 16.3 Å². The Hall–Kier alpha value is -3.23.